The van der Waals surface area contributed by atoms with Gasteiger partial charge in [0.05, 0.1) is 0 Å². The normalized spacial score (nSPS) is 19.1. The van der Waals surface area contributed by atoms with Crippen LogP contribution in [-0.2, 0) is 6.54 Å². The van der Waals surface area contributed by atoms with E-state index in [1.807, 2.05) is 30.3 Å². The molecule has 0 aromatic heterocycles. The summed E-state index contributed by atoms with van der Waals surface area (Å²) in [6, 6.07) is 42.2. The molecule has 0 atom stereocenters. The van der Waals surface area contributed by atoms with Gasteiger partial charge in [-0.25, -0.2) is 0 Å². The molecule has 39 heavy (non-hydrogen) atoms. The van der Waals surface area contributed by atoms with E-state index in [1.165, 1.54) is 16.7 Å². The van der Waals surface area contributed by atoms with E-state index in [4.69, 9.17) is 0 Å². The summed E-state index contributed by atoms with van der Waals surface area (Å²) >= 11 is 0. The van der Waals surface area contributed by atoms with Crippen LogP contribution in [-0.4, -0.2) is 29.9 Å². The summed E-state index contributed by atoms with van der Waals surface area (Å²) in [5.74, 6) is 0.241. The lowest BCUT2D eigenvalue weighted by molar-refractivity contribution is 0.0592. The number of carbonyl (C=O) groups is 1. The number of rotatable bonds is 10. The van der Waals surface area contributed by atoms with Gasteiger partial charge < -0.3 is 10.2 Å². The molecule has 0 spiro atoms. The molecule has 1 fully saturated rings. The van der Waals surface area contributed by atoms with Gasteiger partial charge in [-0.3, -0.25) is 4.79 Å². The summed E-state index contributed by atoms with van der Waals surface area (Å²) < 4.78 is 0. The van der Waals surface area contributed by atoms with Crippen LogP contribution < -0.4 is 5.32 Å². The van der Waals surface area contributed by atoms with E-state index in [0.29, 0.717) is 12.6 Å². The van der Waals surface area contributed by atoms with Gasteiger partial charge in [0.15, 0.2) is 0 Å². The zero-order chi connectivity index (χ0) is 26.9. The zero-order valence-corrected chi connectivity index (χ0v) is 23.0. The Balaban J connectivity index is 1.33. The third kappa shape index (κ3) is 7.25. The summed E-state index contributed by atoms with van der Waals surface area (Å²) in [6.07, 6.45) is 4.49. The standard InChI is InChI=1S/C36H40N2O/c1-36(24-22-33(23-25-36)37-26-29-14-6-2-7-15-29)28-38(35(39)32-20-12-5-13-21-32)27-34(30-16-8-3-9-17-30)31-18-10-4-11-19-31/h2-21,33-34,37H,22-28H2,1H3/t33-,36-. The Kier molecular flexibility index (Phi) is 8.90. The number of hydrogen-bond acceptors (Lipinski definition) is 2. The first-order valence-corrected chi connectivity index (χ1v) is 14.3. The Morgan fingerprint density at radius 1 is 0.769 bits per heavy atom. The SMILES string of the molecule is C[C@]1(CN(CC(c2ccccc2)c2ccccc2)C(=O)c2ccccc2)CC[C@H](NCc2ccccc2)CC1. The Bertz CT molecular complexity index is 1240. The van der Waals surface area contributed by atoms with Gasteiger partial charge in [-0.15, -0.1) is 0 Å². The number of carbonyl (C=O) groups excluding carboxylic acids is 1. The van der Waals surface area contributed by atoms with Crippen LogP contribution in [0.3, 0.4) is 0 Å². The van der Waals surface area contributed by atoms with Crippen LogP contribution in [0.25, 0.3) is 0 Å². The first-order chi connectivity index (χ1) is 19.1. The van der Waals surface area contributed by atoms with Crippen molar-refractivity contribution in [1.82, 2.24) is 10.2 Å². The second-order valence-corrected chi connectivity index (χ2v) is 11.4. The first-order valence-electron chi connectivity index (χ1n) is 14.3. The molecule has 3 nitrogen and oxygen atoms in total. The van der Waals surface area contributed by atoms with Crippen LogP contribution in [0.15, 0.2) is 121 Å². The quantitative estimate of drug-likeness (QED) is 0.234. The van der Waals surface area contributed by atoms with Gasteiger partial charge in [-0.05, 0) is 59.9 Å². The van der Waals surface area contributed by atoms with Crippen molar-refractivity contribution in [2.24, 2.45) is 5.41 Å². The minimum absolute atomic E-state index is 0.0906. The Hall–Kier alpha value is -3.69. The molecule has 3 heteroatoms. The van der Waals surface area contributed by atoms with Gasteiger partial charge in [0.25, 0.3) is 5.91 Å². The summed E-state index contributed by atoms with van der Waals surface area (Å²) in [6.45, 7) is 4.72. The number of nitrogens with one attached hydrogen (secondary N) is 1. The van der Waals surface area contributed by atoms with E-state index in [1.54, 1.807) is 0 Å². The molecule has 0 unspecified atom stereocenters. The highest BCUT2D eigenvalue weighted by atomic mass is 16.2. The fraction of sp³-hybridized carbons (Fsp3) is 0.306. The highest BCUT2D eigenvalue weighted by molar-refractivity contribution is 5.94. The molecule has 4 aromatic carbocycles. The van der Waals surface area contributed by atoms with Crippen molar-refractivity contribution in [1.29, 1.82) is 0 Å². The fourth-order valence-corrected chi connectivity index (χ4v) is 5.97. The zero-order valence-electron chi connectivity index (χ0n) is 23.0. The molecule has 5 rings (SSSR count). The van der Waals surface area contributed by atoms with E-state index in [0.717, 1.165) is 44.3 Å². The monoisotopic (exact) mass is 516 g/mol. The highest BCUT2D eigenvalue weighted by Gasteiger charge is 2.35. The lowest BCUT2D eigenvalue weighted by Gasteiger charge is -2.42. The van der Waals surface area contributed by atoms with Crippen LogP contribution in [0.4, 0.5) is 0 Å². The second-order valence-electron chi connectivity index (χ2n) is 11.4. The Morgan fingerprint density at radius 2 is 1.26 bits per heavy atom. The van der Waals surface area contributed by atoms with Crippen molar-refractivity contribution in [3.8, 4) is 0 Å². The summed E-state index contributed by atoms with van der Waals surface area (Å²) in [4.78, 5) is 16.1. The maximum Gasteiger partial charge on any atom is 0.253 e. The van der Waals surface area contributed by atoms with Gasteiger partial charge in [0.1, 0.15) is 0 Å². The lowest BCUT2D eigenvalue weighted by atomic mass is 9.73. The molecule has 0 saturated heterocycles. The van der Waals surface area contributed by atoms with Crippen molar-refractivity contribution in [2.45, 2.75) is 51.1 Å². The molecule has 0 radical (unpaired) electrons. The van der Waals surface area contributed by atoms with Crippen molar-refractivity contribution in [3.63, 3.8) is 0 Å². The van der Waals surface area contributed by atoms with E-state index in [-0.39, 0.29) is 17.2 Å². The lowest BCUT2D eigenvalue weighted by Crippen LogP contribution is -2.45. The minimum atomic E-state index is 0.0906. The molecule has 1 aliphatic rings. The highest BCUT2D eigenvalue weighted by Crippen LogP contribution is 2.38. The van der Waals surface area contributed by atoms with Gasteiger partial charge in [-0.2, -0.15) is 0 Å². The third-order valence-electron chi connectivity index (χ3n) is 8.32. The number of benzene rings is 4. The maximum atomic E-state index is 14.0. The number of amides is 1. The van der Waals surface area contributed by atoms with Crippen LogP contribution in [0.1, 0.15) is 65.6 Å². The van der Waals surface area contributed by atoms with Gasteiger partial charge in [0, 0.05) is 37.2 Å². The molecule has 0 aliphatic heterocycles. The predicted octanol–water partition coefficient (Wildman–Crippen LogP) is 7.70. The fourth-order valence-electron chi connectivity index (χ4n) is 5.97. The van der Waals surface area contributed by atoms with Crippen LogP contribution in [0, 0.1) is 5.41 Å². The number of nitrogens with zero attached hydrogens (tertiary/aromatic N) is 1. The molecule has 0 bridgehead atoms. The largest absolute Gasteiger partial charge is 0.337 e. The molecular formula is C36H40N2O. The molecule has 1 N–H and O–H groups in total. The van der Waals surface area contributed by atoms with E-state index in [2.05, 4.69) is 108 Å². The average molecular weight is 517 g/mol. The topological polar surface area (TPSA) is 32.3 Å². The van der Waals surface area contributed by atoms with E-state index < -0.39 is 0 Å². The number of hydrogen-bond donors (Lipinski definition) is 1. The van der Waals surface area contributed by atoms with Crippen LogP contribution in [0.5, 0.6) is 0 Å². The van der Waals surface area contributed by atoms with Gasteiger partial charge in [-0.1, -0.05) is 116 Å². The molecule has 1 aliphatic carbocycles. The van der Waals surface area contributed by atoms with E-state index >= 15 is 0 Å². The summed E-state index contributed by atoms with van der Waals surface area (Å²) in [7, 11) is 0. The third-order valence-corrected chi connectivity index (χ3v) is 8.32. The van der Waals surface area contributed by atoms with Gasteiger partial charge in [0.2, 0.25) is 0 Å². The smallest absolute Gasteiger partial charge is 0.253 e. The summed E-state index contributed by atoms with van der Waals surface area (Å²) in [5, 5.41) is 3.77. The molecular weight excluding hydrogens is 476 g/mol. The Morgan fingerprint density at radius 3 is 1.79 bits per heavy atom. The molecule has 200 valence electrons. The van der Waals surface area contributed by atoms with E-state index in [9.17, 15) is 4.79 Å². The van der Waals surface area contributed by atoms with Crippen molar-refractivity contribution in [2.75, 3.05) is 13.1 Å². The second kappa shape index (κ2) is 12.9. The first kappa shape index (κ1) is 26.9. The van der Waals surface area contributed by atoms with Gasteiger partial charge >= 0.3 is 0 Å². The summed E-state index contributed by atoms with van der Waals surface area (Å²) in [5.41, 5.74) is 4.67. The molecule has 1 amide bonds. The van der Waals surface area contributed by atoms with Crippen molar-refractivity contribution in [3.05, 3.63) is 144 Å². The minimum Gasteiger partial charge on any atom is -0.337 e. The molecule has 0 heterocycles. The Labute approximate surface area is 233 Å². The molecule has 4 aromatic rings. The van der Waals surface area contributed by atoms with Crippen LogP contribution >= 0.6 is 0 Å². The average Bonchev–Trinajstić information content (AvgIpc) is 3.00. The van der Waals surface area contributed by atoms with Crippen molar-refractivity contribution < 1.29 is 4.79 Å². The van der Waals surface area contributed by atoms with Crippen LogP contribution in [0.2, 0.25) is 0 Å². The molecule has 1 saturated carbocycles. The maximum absolute atomic E-state index is 14.0. The predicted molar refractivity (Wildman–Crippen MR) is 161 cm³/mol. The van der Waals surface area contributed by atoms with Crippen molar-refractivity contribution >= 4 is 5.91 Å².